The molecule has 3 aromatic rings. The number of aromatic nitrogens is 4. The maximum Gasteiger partial charge on any atom is 0.270 e. The topological polar surface area (TPSA) is 92.7 Å². The van der Waals surface area contributed by atoms with E-state index in [0.717, 1.165) is 28.7 Å². The van der Waals surface area contributed by atoms with Crippen molar-refractivity contribution in [3.8, 4) is 0 Å². The van der Waals surface area contributed by atoms with E-state index >= 15 is 0 Å². The van der Waals surface area contributed by atoms with Gasteiger partial charge in [-0.2, -0.15) is 0 Å². The molecule has 128 valence electrons. The quantitative estimate of drug-likeness (QED) is 0.723. The maximum absolute atomic E-state index is 12.0. The minimum atomic E-state index is -0.242. The summed E-state index contributed by atoms with van der Waals surface area (Å²) in [6.07, 6.45) is 2.50. The molecule has 1 amide bonds. The molecule has 8 heteroatoms. The number of aryl methyl sites for hydroxylation is 2. The Labute approximate surface area is 147 Å². The van der Waals surface area contributed by atoms with Crippen molar-refractivity contribution >= 4 is 28.7 Å². The number of nitrogens with zero attached hydrogens (tertiary/aromatic N) is 3. The third kappa shape index (κ3) is 3.43. The molecule has 1 aliphatic rings. The lowest BCUT2D eigenvalue weighted by Gasteiger charge is -2.04. The number of fused-ring (bicyclic) bond motifs is 2. The number of carbonyl (C=O) groups is 1. The number of para-hydroxylation sites is 2. The summed E-state index contributed by atoms with van der Waals surface area (Å²) in [5, 5.41) is 3.86. The molecular weight excluding hydrogens is 338 g/mol. The molecule has 0 saturated carbocycles. The van der Waals surface area contributed by atoms with E-state index < -0.39 is 0 Å². The third-order valence-electron chi connectivity index (χ3n) is 4.08. The molecule has 0 unspecified atom stereocenters. The minimum absolute atomic E-state index is 0.116. The second kappa shape index (κ2) is 6.72. The van der Waals surface area contributed by atoms with E-state index in [0.29, 0.717) is 24.2 Å². The number of rotatable bonds is 5. The Morgan fingerprint density at radius 1 is 1.32 bits per heavy atom. The van der Waals surface area contributed by atoms with Crippen LogP contribution in [0.15, 0.2) is 40.4 Å². The molecule has 0 aliphatic carbocycles. The Kier molecular flexibility index (Phi) is 4.27. The lowest BCUT2D eigenvalue weighted by atomic mass is 10.2. The normalized spacial score (nSPS) is 13.1. The molecule has 1 aliphatic heterocycles. The highest BCUT2D eigenvalue weighted by Crippen LogP contribution is 2.24. The van der Waals surface area contributed by atoms with Crippen LogP contribution in [-0.4, -0.2) is 31.2 Å². The van der Waals surface area contributed by atoms with E-state index in [4.69, 9.17) is 0 Å². The molecule has 4 rings (SSSR count). The number of aromatic amines is 1. The Morgan fingerprint density at radius 2 is 2.20 bits per heavy atom. The zero-order chi connectivity index (χ0) is 17.2. The molecular formula is C17H17N5O2S. The van der Waals surface area contributed by atoms with Crippen LogP contribution in [0, 0.1) is 0 Å². The molecule has 3 heterocycles. The third-order valence-corrected chi connectivity index (χ3v) is 5.05. The predicted molar refractivity (Wildman–Crippen MR) is 95.5 cm³/mol. The van der Waals surface area contributed by atoms with Gasteiger partial charge in [-0.05, 0) is 12.1 Å². The van der Waals surface area contributed by atoms with Crippen LogP contribution in [0.2, 0.25) is 0 Å². The van der Waals surface area contributed by atoms with Crippen LogP contribution in [0.1, 0.15) is 17.8 Å². The SMILES string of the molecule is O=C(CCc1nc2ccccc2[nH]c1=O)NCc1cn2c(n1)SCC2. The number of H-pyrrole nitrogens is 1. The molecule has 0 fully saturated rings. The number of carbonyl (C=O) groups excluding carboxylic acids is 1. The number of thioether (sulfide) groups is 1. The zero-order valence-corrected chi connectivity index (χ0v) is 14.3. The molecule has 0 atom stereocenters. The summed E-state index contributed by atoms with van der Waals surface area (Å²) in [5.41, 5.74) is 2.42. The highest BCUT2D eigenvalue weighted by molar-refractivity contribution is 7.99. The first-order valence-electron chi connectivity index (χ1n) is 8.12. The first-order valence-corrected chi connectivity index (χ1v) is 9.11. The monoisotopic (exact) mass is 355 g/mol. The van der Waals surface area contributed by atoms with Crippen molar-refractivity contribution < 1.29 is 4.79 Å². The second-order valence-electron chi connectivity index (χ2n) is 5.86. The standard InChI is InChI=1S/C17H17N5O2S/c23-15(18-9-11-10-22-7-8-25-17(22)19-11)6-5-14-16(24)21-13-4-2-1-3-12(13)20-14/h1-4,10H,5-9H2,(H,18,23)(H,21,24). The fraction of sp³-hybridized carbons (Fsp3) is 0.294. The number of imidazole rings is 1. The number of hydrogen-bond donors (Lipinski definition) is 2. The van der Waals surface area contributed by atoms with Crippen molar-refractivity contribution in [2.45, 2.75) is 31.1 Å². The highest BCUT2D eigenvalue weighted by atomic mass is 32.2. The Bertz CT molecular complexity index is 973. The Balaban J connectivity index is 1.35. The first-order chi connectivity index (χ1) is 12.2. The number of benzene rings is 1. The van der Waals surface area contributed by atoms with Gasteiger partial charge in [-0.25, -0.2) is 9.97 Å². The molecule has 0 saturated heterocycles. The molecule has 0 spiro atoms. The lowest BCUT2D eigenvalue weighted by Crippen LogP contribution is -2.25. The van der Waals surface area contributed by atoms with Gasteiger partial charge >= 0.3 is 0 Å². The Morgan fingerprint density at radius 3 is 3.08 bits per heavy atom. The highest BCUT2D eigenvalue weighted by Gasteiger charge is 2.15. The van der Waals surface area contributed by atoms with Crippen LogP contribution in [0.5, 0.6) is 0 Å². The van der Waals surface area contributed by atoms with Crippen LogP contribution in [0.25, 0.3) is 11.0 Å². The van der Waals surface area contributed by atoms with Gasteiger partial charge in [-0.3, -0.25) is 9.59 Å². The van der Waals surface area contributed by atoms with E-state index in [2.05, 4.69) is 24.8 Å². The summed E-state index contributed by atoms with van der Waals surface area (Å²) >= 11 is 1.73. The van der Waals surface area contributed by atoms with Crippen molar-refractivity contribution in [3.05, 3.63) is 52.2 Å². The first kappa shape index (κ1) is 15.9. The van der Waals surface area contributed by atoms with Gasteiger partial charge < -0.3 is 14.9 Å². The van der Waals surface area contributed by atoms with Gasteiger partial charge in [0.15, 0.2) is 5.16 Å². The van der Waals surface area contributed by atoms with E-state index in [-0.39, 0.29) is 17.9 Å². The molecule has 25 heavy (non-hydrogen) atoms. The average Bonchev–Trinajstić information content (AvgIpc) is 3.19. The summed E-state index contributed by atoms with van der Waals surface area (Å²) in [7, 11) is 0. The van der Waals surface area contributed by atoms with Crippen LogP contribution < -0.4 is 10.9 Å². The van der Waals surface area contributed by atoms with Crippen LogP contribution in [-0.2, 0) is 24.3 Å². The van der Waals surface area contributed by atoms with Gasteiger partial charge in [0, 0.05) is 31.3 Å². The lowest BCUT2D eigenvalue weighted by molar-refractivity contribution is -0.121. The minimum Gasteiger partial charge on any atom is -0.350 e. The Hall–Kier alpha value is -2.61. The van der Waals surface area contributed by atoms with Crippen LogP contribution in [0.3, 0.4) is 0 Å². The van der Waals surface area contributed by atoms with Crippen LogP contribution >= 0.6 is 11.8 Å². The number of hydrogen-bond acceptors (Lipinski definition) is 5. The summed E-state index contributed by atoms with van der Waals surface area (Å²) < 4.78 is 2.10. The molecule has 2 N–H and O–H groups in total. The van der Waals surface area contributed by atoms with Crippen molar-refractivity contribution in [3.63, 3.8) is 0 Å². The molecule has 2 aromatic heterocycles. The smallest absolute Gasteiger partial charge is 0.270 e. The van der Waals surface area contributed by atoms with E-state index in [9.17, 15) is 9.59 Å². The zero-order valence-electron chi connectivity index (χ0n) is 13.5. The van der Waals surface area contributed by atoms with Crippen LogP contribution in [0.4, 0.5) is 0 Å². The summed E-state index contributed by atoms with van der Waals surface area (Å²) in [6.45, 7) is 1.37. The largest absolute Gasteiger partial charge is 0.350 e. The molecule has 1 aromatic carbocycles. The average molecular weight is 355 g/mol. The van der Waals surface area contributed by atoms with Gasteiger partial charge in [-0.15, -0.1) is 0 Å². The van der Waals surface area contributed by atoms with Crippen molar-refractivity contribution in [1.82, 2.24) is 24.8 Å². The van der Waals surface area contributed by atoms with E-state index in [1.165, 1.54) is 0 Å². The predicted octanol–water partition coefficient (Wildman–Crippen LogP) is 1.47. The molecule has 0 radical (unpaired) electrons. The maximum atomic E-state index is 12.0. The van der Waals surface area contributed by atoms with Gasteiger partial charge in [-0.1, -0.05) is 23.9 Å². The summed E-state index contributed by atoms with van der Waals surface area (Å²) in [5.74, 6) is 0.942. The van der Waals surface area contributed by atoms with Crippen molar-refractivity contribution in [2.75, 3.05) is 5.75 Å². The van der Waals surface area contributed by atoms with Crippen molar-refractivity contribution in [1.29, 1.82) is 0 Å². The second-order valence-corrected chi connectivity index (χ2v) is 6.93. The number of nitrogens with one attached hydrogen (secondary N) is 2. The van der Waals surface area contributed by atoms with Gasteiger partial charge in [0.25, 0.3) is 5.56 Å². The fourth-order valence-electron chi connectivity index (χ4n) is 2.79. The summed E-state index contributed by atoms with van der Waals surface area (Å²) in [4.78, 5) is 35.7. The number of amides is 1. The van der Waals surface area contributed by atoms with Gasteiger partial charge in [0.2, 0.25) is 5.91 Å². The van der Waals surface area contributed by atoms with E-state index in [1.807, 2.05) is 24.4 Å². The fourth-order valence-corrected chi connectivity index (χ4v) is 3.76. The summed E-state index contributed by atoms with van der Waals surface area (Å²) in [6, 6.07) is 7.35. The van der Waals surface area contributed by atoms with E-state index in [1.54, 1.807) is 17.8 Å². The van der Waals surface area contributed by atoms with Gasteiger partial charge in [0.05, 0.1) is 23.3 Å². The molecule has 0 bridgehead atoms. The van der Waals surface area contributed by atoms with Gasteiger partial charge in [0.1, 0.15) is 5.69 Å². The molecule has 7 nitrogen and oxygen atoms in total. The van der Waals surface area contributed by atoms with Crippen molar-refractivity contribution in [2.24, 2.45) is 0 Å².